The molecule has 1 aliphatic rings. The topological polar surface area (TPSA) is 66.5 Å². The lowest BCUT2D eigenvalue weighted by molar-refractivity contribution is -0.117. The number of benzene rings is 2. The van der Waals surface area contributed by atoms with Crippen molar-refractivity contribution in [2.45, 2.75) is 19.4 Å². The van der Waals surface area contributed by atoms with Crippen LogP contribution in [0, 0.1) is 0 Å². The quantitative estimate of drug-likeness (QED) is 0.902. The molecule has 2 aromatic carbocycles. The predicted octanol–water partition coefficient (Wildman–Crippen LogP) is 2.29. The Kier molecular flexibility index (Phi) is 4.87. The summed E-state index contributed by atoms with van der Waals surface area (Å²) in [6.07, 6.45) is 0.609. The number of amides is 1. The van der Waals surface area contributed by atoms with Crippen LogP contribution in [0.15, 0.2) is 42.5 Å². The normalized spacial score (nSPS) is 19.7. The fourth-order valence-corrected chi connectivity index (χ4v) is 5.03. The minimum Gasteiger partial charge on any atom is -0.324 e. The second kappa shape index (κ2) is 6.91. The average molecular weight is 346 g/mol. The number of fused-ring (bicyclic) bond motifs is 1. The molecule has 128 valence electrons. The van der Waals surface area contributed by atoms with Crippen molar-refractivity contribution in [3.05, 3.63) is 42.5 Å². The van der Waals surface area contributed by atoms with Gasteiger partial charge in [0, 0.05) is 17.1 Å². The Bertz CT molecular complexity index is 843. The minimum atomic E-state index is -2.95. The van der Waals surface area contributed by atoms with Crippen LogP contribution in [0.1, 0.15) is 13.3 Å². The third-order valence-corrected chi connectivity index (χ3v) is 6.29. The van der Waals surface area contributed by atoms with Crippen LogP contribution < -0.4 is 5.32 Å². The molecule has 0 aromatic heterocycles. The SMILES string of the molecule is CCN(CC(=O)Nc1cccc2ccccc12)[C@@H]1CCS(=O)(=O)C1. The van der Waals surface area contributed by atoms with E-state index in [1.54, 1.807) is 0 Å². The monoisotopic (exact) mass is 346 g/mol. The molecule has 5 nitrogen and oxygen atoms in total. The van der Waals surface area contributed by atoms with Crippen molar-refractivity contribution in [3.63, 3.8) is 0 Å². The number of nitrogens with one attached hydrogen (secondary N) is 1. The first-order chi connectivity index (χ1) is 11.5. The summed E-state index contributed by atoms with van der Waals surface area (Å²) in [5, 5.41) is 5.04. The summed E-state index contributed by atoms with van der Waals surface area (Å²) in [7, 11) is -2.95. The largest absolute Gasteiger partial charge is 0.324 e. The lowest BCUT2D eigenvalue weighted by atomic mass is 10.1. The maximum atomic E-state index is 12.4. The van der Waals surface area contributed by atoms with Gasteiger partial charge >= 0.3 is 0 Å². The zero-order valence-electron chi connectivity index (χ0n) is 13.7. The van der Waals surface area contributed by atoms with Crippen molar-refractivity contribution < 1.29 is 13.2 Å². The Hall–Kier alpha value is -1.92. The molecule has 0 unspecified atom stereocenters. The molecular formula is C18H22N2O3S. The van der Waals surface area contributed by atoms with Crippen LogP contribution in [-0.2, 0) is 14.6 Å². The maximum absolute atomic E-state index is 12.4. The molecule has 0 aliphatic carbocycles. The second-order valence-electron chi connectivity index (χ2n) is 6.19. The van der Waals surface area contributed by atoms with Gasteiger partial charge in [-0.2, -0.15) is 0 Å². The number of rotatable bonds is 5. The zero-order valence-corrected chi connectivity index (χ0v) is 14.6. The highest BCUT2D eigenvalue weighted by molar-refractivity contribution is 7.91. The van der Waals surface area contributed by atoms with E-state index in [1.165, 1.54) is 0 Å². The molecule has 0 saturated carbocycles. The molecular weight excluding hydrogens is 324 g/mol. The lowest BCUT2D eigenvalue weighted by Crippen LogP contribution is -2.41. The summed E-state index contributed by atoms with van der Waals surface area (Å²) < 4.78 is 23.3. The van der Waals surface area contributed by atoms with E-state index >= 15 is 0 Å². The Morgan fingerprint density at radius 2 is 1.96 bits per heavy atom. The highest BCUT2D eigenvalue weighted by Crippen LogP contribution is 2.23. The van der Waals surface area contributed by atoms with Crippen LogP contribution in [0.5, 0.6) is 0 Å². The molecule has 1 heterocycles. The first kappa shape index (κ1) is 16.9. The summed E-state index contributed by atoms with van der Waals surface area (Å²) in [6, 6.07) is 13.6. The van der Waals surface area contributed by atoms with Gasteiger partial charge in [0.15, 0.2) is 9.84 Å². The molecule has 0 spiro atoms. The van der Waals surface area contributed by atoms with E-state index < -0.39 is 9.84 Å². The summed E-state index contributed by atoms with van der Waals surface area (Å²) in [5.41, 5.74) is 0.785. The third kappa shape index (κ3) is 3.76. The lowest BCUT2D eigenvalue weighted by Gasteiger charge is -2.25. The van der Waals surface area contributed by atoms with Gasteiger partial charge in [0.05, 0.1) is 18.1 Å². The van der Waals surface area contributed by atoms with Crippen LogP contribution in [0.3, 0.4) is 0 Å². The van der Waals surface area contributed by atoms with E-state index in [1.807, 2.05) is 54.3 Å². The fourth-order valence-electron chi connectivity index (χ4n) is 3.27. The van der Waals surface area contributed by atoms with Crippen molar-refractivity contribution in [1.82, 2.24) is 4.90 Å². The third-order valence-electron chi connectivity index (χ3n) is 4.54. The van der Waals surface area contributed by atoms with Gasteiger partial charge in [-0.1, -0.05) is 43.3 Å². The van der Waals surface area contributed by atoms with Crippen molar-refractivity contribution in [2.75, 3.05) is 29.9 Å². The molecule has 6 heteroatoms. The molecule has 24 heavy (non-hydrogen) atoms. The van der Waals surface area contributed by atoms with Crippen LogP contribution in [0.4, 0.5) is 5.69 Å². The van der Waals surface area contributed by atoms with Crippen LogP contribution in [0.25, 0.3) is 10.8 Å². The number of likely N-dealkylation sites (N-methyl/N-ethyl adjacent to an activating group) is 1. The summed E-state index contributed by atoms with van der Waals surface area (Å²) >= 11 is 0. The molecule has 2 aromatic rings. The summed E-state index contributed by atoms with van der Waals surface area (Å²) in [5.74, 6) is 0.263. The Balaban J connectivity index is 1.70. The van der Waals surface area contributed by atoms with Gasteiger partial charge < -0.3 is 5.32 Å². The Labute approximate surface area is 142 Å². The molecule has 1 saturated heterocycles. The Morgan fingerprint density at radius 3 is 2.67 bits per heavy atom. The second-order valence-corrected chi connectivity index (χ2v) is 8.42. The van der Waals surface area contributed by atoms with E-state index in [0.717, 1.165) is 16.5 Å². The van der Waals surface area contributed by atoms with Gasteiger partial charge in [-0.3, -0.25) is 9.69 Å². The summed E-state index contributed by atoms with van der Waals surface area (Å²) in [4.78, 5) is 14.4. The number of hydrogen-bond acceptors (Lipinski definition) is 4. The molecule has 1 aliphatic heterocycles. The average Bonchev–Trinajstić information content (AvgIpc) is 2.93. The van der Waals surface area contributed by atoms with E-state index in [-0.39, 0.29) is 30.0 Å². The first-order valence-electron chi connectivity index (χ1n) is 8.20. The predicted molar refractivity (Wildman–Crippen MR) is 96.9 cm³/mol. The van der Waals surface area contributed by atoms with Crippen molar-refractivity contribution >= 4 is 32.2 Å². The van der Waals surface area contributed by atoms with Crippen LogP contribution in [0.2, 0.25) is 0 Å². The Morgan fingerprint density at radius 1 is 1.21 bits per heavy atom. The molecule has 3 rings (SSSR count). The van der Waals surface area contributed by atoms with Gasteiger partial charge in [0.25, 0.3) is 0 Å². The fraction of sp³-hybridized carbons (Fsp3) is 0.389. The van der Waals surface area contributed by atoms with Crippen molar-refractivity contribution in [2.24, 2.45) is 0 Å². The number of carbonyl (C=O) groups excluding carboxylic acids is 1. The van der Waals surface area contributed by atoms with Gasteiger partial charge in [0.1, 0.15) is 0 Å². The van der Waals surface area contributed by atoms with E-state index in [0.29, 0.717) is 13.0 Å². The molecule has 1 N–H and O–H groups in total. The number of nitrogens with zero attached hydrogens (tertiary/aromatic N) is 1. The number of hydrogen-bond donors (Lipinski definition) is 1. The minimum absolute atomic E-state index is 0.0572. The van der Waals surface area contributed by atoms with E-state index in [9.17, 15) is 13.2 Å². The van der Waals surface area contributed by atoms with E-state index in [4.69, 9.17) is 0 Å². The van der Waals surface area contributed by atoms with Gasteiger partial charge in [-0.05, 0) is 24.4 Å². The molecule has 0 bridgehead atoms. The van der Waals surface area contributed by atoms with Gasteiger partial charge in [-0.15, -0.1) is 0 Å². The number of sulfone groups is 1. The molecule has 0 radical (unpaired) electrons. The van der Waals surface area contributed by atoms with E-state index in [2.05, 4.69) is 5.32 Å². The maximum Gasteiger partial charge on any atom is 0.238 e. The zero-order chi connectivity index (χ0) is 17.2. The van der Waals surface area contributed by atoms with Gasteiger partial charge in [-0.25, -0.2) is 8.42 Å². The smallest absolute Gasteiger partial charge is 0.238 e. The molecule has 1 atom stereocenters. The number of anilines is 1. The molecule has 1 fully saturated rings. The van der Waals surface area contributed by atoms with Gasteiger partial charge in [0.2, 0.25) is 5.91 Å². The van der Waals surface area contributed by atoms with Crippen LogP contribution >= 0.6 is 0 Å². The first-order valence-corrected chi connectivity index (χ1v) is 10.0. The van der Waals surface area contributed by atoms with Crippen LogP contribution in [-0.4, -0.2) is 49.9 Å². The van der Waals surface area contributed by atoms with Crippen molar-refractivity contribution in [3.8, 4) is 0 Å². The standard InChI is InChI=1S/C18H22N2O3S/c1-2-20(15-10-11-24(22,23)13-15)12-18(21)19-17-9-5-7-14-6-3-4-8-16(14)17/h3-9,15H,2,10-13H2,1H3,(H,19,21)/t15-/m1/s1. The highest BCUT2D eigenvalue weighted by Gasteiger charge is 2.32. The molecule has 1 amide bonds. The summed E-state index contributed by atoms with van der Waals surface area (Å²) in [6.45, 7) is 2.82. The highest BCUT2D eigenvalue weighted by atomic mass is 32.2. The number of carbonyl (C=O) groups is 1. The van der Waals surface area contributed by atoms with Crippen molar-refractivity contribution in [1.29, 1.82) is 0 Å².